The van der Waals surface area contributed by atoms with E-state index in [9.17, 15) is 39.7 Å². The van der Waals surface area contributed by atoms with Gasteiger partial charge in [0.1, 0.15) is 0 Å². The molecule has 3 nitrogen and oxygen atoms in total. The van der Waals surface area contributed by atoms with Gasteiger partial charge in [-0.05, 0) is 24.3 Å². The fourth-order valence-corrected chi connectivity index (χ4v) is 3.64. The largest absolute Gasteiger partial charge is 0.704 e. The van der Waals surface area contributed by atoms with Crippen molar-refractivity contribution >= 4 is 40.1 Å². The molecule has 0 saturated heterocycles. The molecule has 0 fully saturated rings. The second kappa shape index (κ2) is 9.56. The maximum atomic E-state index is 14.1. The summed E-state index contributed by atoms with van der Waals surface area (Å²) in [6.45, 7) is 0. The van der Waals surface area contributed by atoms with Crippen LogP contribution in [0.1, 0.15) is 35.0 Å². The van der Waals surface area contributed by atoms with Gasteiger partial charge in [0.15, 0.2) is 0 Å². The average Bonchev–Trinajstić information content (AvgIpc) is 2.60. The average molecular weight is 591 g/mol. The van der Waals surface area contributed by atoms with Gasteiger partial charge in [-0.15, -0.1) is 0 Å². The summed E-state index contributed by atoms with van der Waals surface area (Å²) in [5.41, 5.74) is -3.84. The predicted octanol–water partition coefficient (Wildman–Crippen LogP) is 8.58. The van der Waals surface area contributed by atoms with Crippen LogP contribution in [0.15, 0.2) is 45.3 Å². The summed E-state index contributed by atoms with van der Waals surface area (Å²) in [5, 5.41) is 0. The van der Waals surface area contributed by atoms with Crippen molar-refractivity contribution in [3.05, 3.63) is 67.6 Å². The third-order valence-corrected chi connectivity index (χ3v) is 5.57. The van der Waals surface area contributed by atoms with Crippen molar-refractivity contribution in [2.24, 2.45) is 0 Å². The van der Waals surface area contributed by atoms with E-state index in [1.165, 1.54) is 0 Å². The highest BCUT2D eigenvalue weighted by Gasteiger charge is 2.38. The van der Waals surface area contributed by atoms with Crippen LogP contribution >= 0.6 is 40.1 Å². The first-order valence-electron chi connectivity index (χ1n) is 7.52. The van der Waals surface area contributed by atoms with Crippen LogP contribution in [0.2, 0.25) is 0 Å². The third-order valence-electron chi connectivity index (χ3n) is 3.47. The van der Waals surface area contributed by atoms with Crippen LogP contribution in [0.25, 0.3) is 0 Å². The number of benzene rings is 2. The van der Waals surface area contributed by atoms with Crippen molar-refractivity contribution in [2.75, 3.05) is 0 Å². The van der Waals surface area contributed by atoms with E-state index >= 15 is 0 Å². The molecular formula is C16H8Br2F8O3P+. The first-order valence-corrected chi connectivity index (χ1v) is 10.2. The molecule has 2 unspecified atom stereocenters. The Labute approximate surface area is 181 Å². The minimum atomic E-state index is -4.82. The van der Waals surface area contributed by atoms with Crippen LogP contribution in [-0.4, -0.2) is 0 Å². The lowest BCUT2D eigenvalue weighted by Gasteiger charge is -2.12. The molecule has 0 aliphatic heterocycles. The van der Waals surface area contributed by atoms with Gasteiger partial charge < -0.3 is 0 Å². The van der Waals surface area contributed by atoms with Gasteiger partial charge in [-0.1, -0.05) is 53.0 Å². The Hall–Kier alpha value is -1.14. The monoisotopic (exact) mass is 589 g/mol. The number of rotatable bonds is 6. The number of alkyl halides is 8. The van der Waals surface area contributed by atoms with E-state index in [-0.39, 0.29) is 8.95 Å². The van der Waals surface area contributed by atoms with Crippen LogP contribution in [-0.2, 0) is 26.0 Å². The van der Waals surface area contributed by atoms with Gasteiger partial charge in [0.25, 0.3) is 12.7 Å². The van der Waals surface area contributed by atoms with Crippen molar-refractivity contribution in [1.82, 2.24) is 0 Å². The molecule has 0 radical (unpaired) electrons. The third kappa shape index (κ3) is 6.43. The first kappa shape index (κ1) is 25.1. The normalized spacial score (nSPS) is 15.1. The zero-order valence-electron chi connectivity index (χ0n) is 14.1. The Kier molecular flexibility index (Phi) is 8.00. The molecule has 0 amide bonds. The zero-order chi connectivity index (χ0) is 22.9. The summed E-state index contributed by atoms with van der Waals surface area (Å²) in [6.07, 6.45) is -15.0. The molecule has 0 bridgehead atoms. The van der Waals surface area contributed by atoms with Gasteiger partial charge in [0.2, 0.25) is 0 Å². The van der Waals surface area contributed by atoms with Gasteiger partial charge >= 0.3 is 20.6 Å². The molecule has 2 aromatic carbocycles. The lowest BCUT2D eigenvalue weighted by molar-refractivity contribution is -0.139. The van der Waals surface area contributed by atoms with E-state index in [4.69, 9.17) is 0 Å². The molecule has 30 heavy (non-hydrogen) atoms. The quantitative estimate of drug-likeness (QED) is 0.250. The molecule has 2 atom stereocenters. The summed E-state index contributed by atoms with van der Waals surface area (Å²) in [6, 6.07) is 4.31. The highest BCUT2D eigenvalue weighted by Crippen LogP contribution is 2.43. The van der Waals surface area contributed by atoms with Crippen LogP contribution < -0.4 is 0 Å². The van der Waals surface area contributed by atoms with E-state index in [1.807, 2.05) is 0 Å². The van der Waals surface area contributed by atoms with Crippen molar-refractivity contribution in [3.63, 3.8) is 0 Å². The first-order chi connectivity index (χ1) is 13.7. The Morgan fingerprint density at radius 2 is 1.07 bits per heavy atom. The van der Waals surface area contributed by atoms with Gasteiger partial charge in [0.05, 0.1) is 11.1 Å². The second-order valence-electron chi connectivity index (χ2n) is 5.54. The molecule has 164 valence electrons. The van der Waals surface area contributed by atoms with Gasteiger partial charge in [-0.25, -0.2) is 8.78 Å². The van der Waals surface area contributed by atoms with Gasteiger partial charge in [-0.3, -0.25) is 0 Å². The summed E-state index contributed by atoms with van der Waals surface area (Å²) in [5.74, 6) is 0. The SMILES string of the molecule is O=[P+](OC(F)c1ccc(Br)c(C(F)(F)F)c1)OC(F)c1ccc(Br)c(C(F)(F)F)c1. The Morgan fingerprint density at radius 3 is 1.37 bits per heavy atom. The molecule has 0 aliphatic carbocycles. The molecule has 0 saturated carbocycles. The fraction of sp³-hybridized carbons (Fsp3) is 0.250. The molecule has 0 N–H and O–H groups in total. The van der Waals surface area contributed by atoms with Crippen LogP contribution in [0.4, 0.5) is 35.1 Å². The minimum absolute atomic E-state index is 0.383. The minimum Gasteiger partial charge on any atom is -0.205 e. The highest BCUT2D eigenvalue weighted by atomic mass is 79.9. The van der Waals surface area contributed by atoms with E-state index in [0.717, 1.165) is 24.3 Å². The van der Waals surface area contributed by atoms with Crippen molar-refractivity contribution in [3.8, 4) is 0 Å². The number of hydrogen-bond donors (Lipinski definition) is 0. The van der Waals surface area contributed by atoms with E-state index in [2.05, 4.69) is 40.9 Å². The summed E-state index contributed by atoms with van der Waals surface area (Å²) in [7, 11) is -3.58. The number of hydrogen-bond acceptors (Lipinski definition) is 3. The van der Waals surface area contributed by atoms with Crippen molar-refractivity contribution in [2.45, 2.75) is 25.1 Å². The van der Waals surface area contributed by atoms with Gasteiger partial charge in [0, 0.05) is 24.6 Å². The molecular weight excluding hydrogens is 583 g/mol. The van der Waals surface area contributed by atoms with E-state index in [0.29, 0.717) is 12.1 Å². The topological polar surface area (TPSA) is 35.5 Å². The molecule has 2 rings (SSSR count). The second-order valence-corrected chi connectivity index (χ2v) is 8.12. The van der Waals surface area contributed by atoms with E-state index in [1.54, 1.807) is 0 Å². The van der Waals surface area contributed by atoms with Crippen LogP contribution in [0.3, 0.4) is 0 Å². The lowest BCUT2D eigenvalue weighted by Crippen LogP contribution is -2.08. The summed E-state index contributed by atoms with van der Waals surface area (Å²) in [4.78, 5) is 0. The maximum Gasteiger partial charge on any atom is 0.704 e. The lowest BCUT2D eigenvalue weighted by atomic mass is 10.1. The summed E-state index contributed by atoms with van der Waals surface area (Å²) >= 11 is 5.30. The van der Waals surface area contributed by atoms with Crippen LogP contribution in [0.5, 0.6) is 0 Å². The molecule has 0 aromatic heterocycles. The molecule has 0 spiro atoms. The fourth-order valence-electron chi connectivity index (χ4n) is 2.10. The number of halogens is 10. The Morgan fingerprint density at radius 1 is 0.733 bits per heavy atom. The molecule has 0 heterocycles. The predicted molar refractivity (Wildman–Crippen MR) is 95.8 cm³/mol. The maximum absolute atomic E-state index is 14.1. The summed E-state index contributed by atoms with van der Waals surface area (Å²) < 4.78 is 125. The van der Waals surface area contributed by atoms with E-state index < -0.39 is 55.6 Å². The molecule has 14 heteroatoms. The highest BCUT2D eigenvalue weighted by molar-refractivity contribution is 9.10. The molecule has 0 aliphatic rings. The smallest absolute Gasteiger partial charge is 0.205 e. The molecule has 2 aromatic rings. The Bertz CT molecular complexity index is 862. The standard InChI is InChI=1S/C16H8Br2F8O3P/c17-11-3-1-7(5-9(11)15(21,22)23)13(19)28-30(27)29-14(20)8-2-4-12(18)10(6-8)16(24,25)26/h1-6,13-14H/q+1. The van der Waals surface area contributed by atoms with Crippen molar-refractivity contribution < 1.29 is 48.7 Å². The zero-order valence-corrected chi connectivity index (χ0v) is 18.1. The van der Waals surface area contributed by atoms with Crippen LogP contribution in [0, 0.1) is 0 Å². The van der Waals surface area contributed by atoms with Gasteiger partial charge in [-0.2, -0.15) is 26.3 Å². The Balaban J connectivity index is 2.11. The van der Waals surface area contributed by atoms with Crippen molar-refractivity contribution in [1.29, 1.82) is 0 Å².